The van der Waals surface area contributed by atoms with E-state index in [0.29, 0.717) is 17.3 Å². The van der Waals surface area contributed by atoms with E-state index in [1.54, 1.807) is 6.20 Å². The lowest BCUT2D eigenvalue weighted by molar-refractivity contribution is 0.116. The average Bonchev–Trinajstić information content (AvgIpc) is 2.83. The summed E-state index contributed by atoms with van der Waals surface area (Å²) in [5.41, 5.74) is 1.06. The first-order chi connectivity index (χ1) is 11.6. The van der Waals surface area contributed by atoms with E-state index < -0.39 is 8.32 Å². The highest BCUT2D eigenvalue weighted by atomic mass is 79.9. The smallest absolute Gasteiger partial charge is 0.192 e. The van der Waals surface area contributed by atoms with Crippen molar-refractivity contribution in [3.8, 4) is 0 Å². The summed E-state index contributed by atoms with van der Waals surface area (Å²) in [5.74, 6) is 0. The number of hydrogen-bond donors (Lipinski definition) is 0. The zero-order chi connectivity index (χ0) is 18.4. The van der Waals surface area contributed by atoms with Crippen molar-refractivity contribution in [2.45, 2.75) is 76.7 Å². The normalized spacial score (nSPS) is 22.5. The number of pyridine rings is 1. The molecule has 2 aromatic rings. The van der Waals surface area contributed by atoms with Gasteiger partial charge in [0.25, 0.3) is 0 Å². The van der Waals surface area contributed by atoms with Crippen LogP contribution in [0.4, 0.5) is 0 Å². The van der Waals surface area contributed by atoms with Crippen molar-refractivity contribution in [3.05, 3.63) is 22.0 Å². The van der Waals surface area contributed by atoms with E-state index in [1.807, 2.05) is 6.07 Å². The molecular formula is C18H27BrClN3OSi. The van der Waals surface area contributed by atoms with Crippen molar-refractivity contribution in [1.82, 2.24) is 14.8 Å². The molecule has 0 aromatic carbocycles. The lowest BCUT2D eigenvalue weighted by Gasteiger charge is -2.41. The molecule has 1 aliphatic rings. The number of rotatable bonds is 3. The maximum Gasteiger partial charge on any atom is 0.192 e. The van der Waals surface area contributed by atoms with Crippen molar-refractivity contribution < 1.29 is 4.43 Å². The van der Waals surface area contributed by atoms with E-state index in [4.69, 9.17) is 21.1 Å². The molecule has 2 heterocycles. The van der Waals surface area contributed by atoms with Gasteiger partial charge in [-0.2, -0.15) is 5.10 Å². The van der Waals surface area contributed by atoms with Crippen molar-refractivity contribution in [2.24, 2.45) is 0 Å². The van der Waals surface area contributed by atoms with Gasteiger partial charge in [-0.3, -0.25) is 4.68 Å². The highest BCUT2D eigenvalue weighted by molar-refractivity contribution is 9.10. The van der Waals surface area contributed by atoms with Crippen LogP contribution in [0.5, 0.6) is 0 Å². The molecule has 0 aliphatic heterocycles. The molecule has 0 N–H and O–H groups in total. The molecule has 0 bridgehead atoms. The fourth-order valence-corrected chi connectivity index (χ4v) is 5.30. The van der Waals surface area contributed by atoms with Crippen LogP contribution in [-0.2, 0) is 4.43 Å². The van der Waals surface area contributed by atoms with Gasteiger partial charge in [0.1, 0.15) is 9.76 Å². The Morgan fingerprint density at radius 1 is 1.24 bits per heavy atom. The van der Waals surface area contributed by atoms with Gasteiger partial charge in [0.05, 0.1) is 16.9 Å². The minimum absolute atomic E-state index is 0.261. The second-order valence-electron chi connectivity index (χ2n) is 8.57. The van der Waals surface area contributed by atoms with E-state index >= 15 is 0 Å². The van der Waals surface area contributed by atoms with Crippen LogP contribution in [0.15, 0.2) is 16.9 Å². The number of halogens is 2. The Morgan fingerprint density at radius 2 is 1.88 bits per heavy atom. The maximum absolute atomic E-state index is 6.61. The molecule has 4 nitrogen and oxygen atoms in total. The molecule has 25 heavy (non-hydrogen) atoms. The summed E-state index contributed by atoms with van der Waals surface area (Å²) in [6.07, 6.45) is 6.53. The highest BCUT2D eigenvalue weighted by Gasteiger charge is 2.40. The Balaban J connectivity index is 1.72. The summed E-state index contributed by atoms with van der Waals surface area (Å²) in [6, 6.07) is 2.30. The molecule has 7 heteroatoms. The average molecular weight is 445 g/mol. The molecule has 1 fully saturated rings. The molecule has 3 rings (SSSR count). The molecule has 1 saturated carbocycles. The summed E-state index contributed by atoms with van der Waals surface area (Å²) >= 11 is 9.64. The topological polar surface area (TPSA) is 39.9 Å². The zero-order valence-electron chi connectivity index (χ0n) is 15.6. The number of nitrogens with zero attached hydrogens (tertiary/aromatic N) is 3. The first kappa shape index (κ1) is 19.3. The van der Waals surface area contributed by atoms with E-state index in [1.165, 1.54) is 0 Å². The second-order valence-corrected chi connectivity index (χ2v) is 14.5. The van der Waals surface area contributed by atoms with Crippen LogP contribution in [0.2, 0.25) is 23.3 Å². The van der Waals surface area contributed by atoms with E-state index in [2.05, 4.69) is 59.5 Å². The second kappa shape index (κ2) is 6.95. The van der Waals surface area contributed by atoms with Crippen LogP contribution in [0.25, 0.3) is 10.9 Å². The number of hydrogen-bond acceptors (Lipinski definition) is 3. The fraction of sp³-hybridized carbons (Fsp3) is 0.667. The van der Waals surface area contributed by atoms with Crippen molar-refractivity contribution in [1.29, 1.82) is 0 Å². The van der Waals surface area contributed by atoms with E-state index in [0.717, 1.165) is 41.2 Å². The molecule has 2 aromatic heterocycles. The summed E-state index contributed by atoms with van der Waals surface area (Å²) in [6.45, 7) is 11.6. The van der Waals surface area contributed by atoms with Crippen LogP contribution in [0.3, 0.4) is 0 Å². The lowest BCUT2D eigenvalue weighted by Crippen LogP contribution is -2.44. The van der Waals surface area contributed by atoms with Gasteiger partial charge in [-0.25, -0.2) is 4.98 Å². The summed E-state index contributed by atoms with van der Waals surface area (Å²) in [7, 11) is -1.70. The first-order valence-electron chi connectivity index (χ1n) is 8.95. The summed E-state index contributed by atoms with van der Waals surface area (Å²) in [5, 5.41) is 6.48. The predicted molar refractivity (Wildman–Crippen MR) is 110 cm³/mol. The van der Waals surface area contributed by atoms with Gasteiger partial charge in [-0.05, 0) is 59.7 Å². The molecular weight excluding hydrogens is 418 g/mol. The predicted octanol–water partition coefficient (Wildman–Crippen LogP) is 6.35. The monoisotopic (exact) mass is 443 g/mol. The molecule has 0 unspecified atom stereocenters. The molecule has 0 amide bonds. The third kappa shape index (κ3) is 3.97. The van der Waals surface area contributed by atoms with Crippen LogP contribution in [-0.4, -0.2) is 29.2 Å². The van der Waals surface area contributed by atoms with Gasteiger partial charge in [0.15, 0.2) is 8.32 Å². The van der Waals surface area contributed by atoms with Gasteiger partial charge in [-0.1, -0.05) is 32.4 Å². The molecule has 1 aliphatic carbocycles. The molecule has 0 saturated heterocycles. The Bertz CT molecular complexity index is 764. The number of fused-ring (bicyclic) bond motifs is 1. The Kier molecular flexibility index (Phi) is 5.37. The maximum atomic E-state index is 6.61. The molecule has 0 radical (unpaired) electrons. The van der Waals surface area contributed by atoms with Crippen LogP contribution < -0.4 is 0 Å². The van der Waals surface area contributed by atoms with Gasteiger partial charge < -0.3 is 4.43 Å². The summed E-state index contributed by atoms with van der Waals surface area (Å²) < 4.78 is 9.57. The number of aromatic nitrogens is 3. The molecule has 0 atom stereocenters. The Hall–Kier alpha value is -0.433. The largest absolute Gasteiger partial charge is 0.414 e. The minimum Gasteiger partial charge on any atom is -0.414 e. The standard InChI is InChI=1S/C18H27BrClN3OSi/c1-18(2,3)25(4,5)24-13-8-6-12(7-9-13)23-15-10-16(20)21-11-14(15)17(19)22-23/h10-13H,6-9H2,1-5H3/t12-,13-. The fourth-order valence-electron chi connectivity index (χ4n) is 3.25. The van der Waals surface area contributed by atoms with Gasteiger partial charge in [0.2, 0.25) is 0 Å². The van der Waals surface area contributed by atoms with Gasteiger partial charge in [0, 0.05) is 18.4 Å². The Labute approximate surface area is 164 Å². The third-order valence-electron chi connectivity index (χ3n) is 5.77. The van der Waals surface area contributed by atoms with Gasteiger partial charge in [-0.15, -0.1) is 0 Å². The lowest BCUT2D eigenvalue weighted by atomic mass is 9.93. The summed E-state index contributed by atoms with van der Waals surface area (Å²) in [4.78, 5) is 4.17. The quantitative estimate of drug-likeness (QED) is 0.409. The minimum atomic E-state index is -1.70. The third-order valence-corrected chi connectivity index (χ3v) is 11.1. The van der Waals surface area contributed by atoms with Crippen LogP contribution in [0.1, 0.15) is 52.5 Å². The molecule has 138 valence electrons. The first-order valence-corrected chi connectivity index (χ1v) is 13.0. The molecule has 0 spiro atoms. The Morgan fingerprint density at radius 3 is 2.48 bits per heavy atom. The van der Waals surface area contributed by atoms with Gasteiger partial charge >= 0.3 is 0 Å². The van der Waals surface area contributed by atoms with E-state index in [-0.39, 0.29) is 5.04 Å². The van der Waals surface area contributed by atoms with Crippen molar-refractivity contribution >= 4 is 46.8 Å². The van der Waals surface area contributed by atoms with E-state index in [9.17, 15) is 0 Å². The van der Waals surface area contributed by atoms with Crippen molar-refractivity contribution in [2.75, 3.05) is 0 Å². The zero-order valence-corrected chi connectivity index (χ0v) is 19.0. The van der Waals surface area contributed by atoms with Crippen LogP contribution in [0, 0.1) is 0 Å². The SMILES string of the molecule is CC(C)(C)[Si](C)(C)O[C@H]1CC[C@H](n2nc(Br)c3cnc(Cl)cc32)CC1. The highest BCUT2D eigenvalue weighted by Crippen LogP contribution is 2.41. The van der Waals surface area contributed by atoms with Crippen molar-refractivity contribution in [3.63, 3.8) is 0 Å². The van der Waals surface area contributed by atoms with Crippen LogP contribution >= 0.6 is 27.5 Å².